The number of hydrogen-bond donors (Lipinski definition) is 2. The predicted octanol–water partition coefficient (Wildman–Crippen LogP) is 0.397. The Morgan fingerprint density at radius 1 is 1.58 bits per heavy atom. The van der Waals surface area contributed by atoms with E-state index in [1.54, 1.807) is 11.4 Å². The Kier molecular flexibility index (Phi) is 2.40. The lowest BCUT2D eigenvalue weighted by molar-refractivity contribution is -0.137. The number of carboxylic acids is 1. The number of hydrogen-bond acceptors (Lipinski definition) is 4. The summed E-state index contributed by atoms with van der Waals surface area (Å²) in [6.45, 7) is 5.45. The van der Waals surface area contributed by atoms with Crippen LogP contribution < -0.4 is 0 Å². The van der Waals surface area contributed by atoms with Gasteiger partial charge in [-0.15, -0.1) is 0 Å². The number of carbonyl (C=O) groups is 1. The van der Waals surface area contributed by atoms with Crippen LogP contribution in [0.1, 0.15) is 13.8 Å². The topological polar surface area (TPSA) is 63.5 Å². The Morgan fingerprint density at radius 2 is 2.08 bits per heavy atom. The van der Waals surface area contributed by atoms with Crippen LogP contribution in [0, 0.1) is 0 Å². The first-order valence-corrected chi connectivity index (χ1v) is 5.85. The van der Waals surface area contributed by atoms with Gasteiger partial charge < -0.3 is 5.11 Å². The minimum Gasteiger partial charge on any atom is -0.480 e. The van der Waals surface area contributed by atoms with Gasteiger partial charge in [-0.3, -0.25) is 4.79 Å². The van der Waals surface area contributed by atoms with Crippen LogP contribution in [0.2, 0.25) is 0 Å². The molecular formula is C6H14N2O3P+. The lowest BCUT2D eigenvalue weighted by Crippen LogP contribution is -2.20. The summed E-state index contributed by atoms with van der Waals surface area (Å²) in [5, 5.41) is 8.49. The molecule has 0 radical (unpaired) electrons. The second-order valence-corrected chi connectivity index (χ2v) is 5.81. The molecule has 70 valence electrons. The first-order valence-electron chi connectivity index (χ1n) is 3.76. The van der Waals surface area contributed by atoms with Gasteiger partial charge in [0.1, 0.15) is 6.66 Å². The molecule has 1 rings (SSSR count). The molecule has 1 aliphatic rings. The van der Waals surface area contributed by atoms with E-state index in [9.17, 15) is 9.69 Å². The van der Waals surface area contributed by atoms with Gasteiger partial charge in [0, 0.05) is 0 Å². The highest BCUT2D eigenvalue weighted by Gasteiger charge is 2.70. The Morgan fingerprint density at radius 3 is 2.33 bits per heavy atom. The monoisotopic (exact) mass is 193 g/mol. The van der Waals surface area contributed by atoms with Crippen LogP contribution in [0.25, 0.3) is 0 Å². The molecule has 1 fully saturated rings. The first-order chi connectivity index (χ1) is 5.37. The normalized spacial score (nSPS) is 40.1. The van der Waals surface area contributed by atoms with Gasteiger partial charge in [-0.25, -0.2) is 4.89 Å². The Balaban J connectivity index is 2.54. The fraction of sp³-hybridized carbons (Fsp3) is 0.833. The maximum atomic E-state index is 10.3. The van der Waals surface area contributed by atoms with Crippen molar-refractivity contribution >= 4 is 13.8 Å². The molecule has 0 amide bonds. The van der Waals surface area contributed by atoms with Crippen LogP contribution in [-0.2, 0) is 4.79 Å². The number of hydrazine groups is 1. The second-order valence-electron chi connectivity index (χ2n) is 3.21. The van der Waals surface area contributed by atoms with Crippen LogP contribution in [0.4, 0.5) is 0 Å². The fourth-order valence-corrected chi connectivity index (χ4v) is 3.85. The van der Waals surface area contributed by atoms with E-state index in [4.69, 9.17) is 5.11 Å². The second kappa shape index (κ2) is 2.92. The first kappa shape index (κ1) is 9.86. The van der Waals surface area contributed by atoms with Gasteiger partial charge >= 0.3 is 13.8 Å². The van der Waals surface area contributed by atoms with E-state index in [1.165, 1.54) is 4.78 Å². The van der Waals surface area contributed by atoms with E-state index in [-0.39, 0.29) is 12.6 Å². The summed E-state index contributed by atoms with van der Waals surface area (Å²) in [4.78, 5) is 20.0. The van der Waals surface area contributed by atoms with E-state index >= 15 is 0 Å². The SMILES string of the molecule is CC(C)N1N(CC(=O)O)[P+]1(C)O. The molecule has 1 heterocycles. The molecule has 2 N–H and O–H groups in total. The predicted molar refractivity (Wildman–Crippen MR) is 46.4 cm³/mol. The molecule has 1 saturated heterocycles. The lowest BCUT2D eigenvalue weighted by Gasteiger charge is -1.96. The van der Waals surface area contributed by atoms with Crippen molar-refractivity contribution in [1.82, 2.24) is 9.56 Å². The third-order valence-electron chi connectivity index (χ3n) is 1.77. The molecule has 0 aliphatic carbocycles. The third-order valence-corrected chi connectivity index (χ3v) is 4.27. The summed E-state index contributed by atoms with van der Waals surface area (Å²) in [6, 6.07) is 0.174. The van der Waals surface area contributed by atoms with Crippen molar-refractivity contribution in [2.45, 2.75) is 19.9 Å². The van der Waals surface area contributed by atoms with Gasteiger partial charge in [0.25, 0.3) is 0 Å². The Labute approximate surface area is 72.1 Å². The van der Waals surface area contributed by atoms with Gasteiger partial charge in [0.05, 0.1) is 6.04 Å². The van der Waals surface area contributed by atoms with Crippen molar-refractivity contribution in [1.29, 1.82) is 0 Å². The minimum absolute atomic E-state index is 0.0983. The van der Waals surface area contributed by atoms with Crippen molar-refractivity contribution in [2.24, 2.45) is 0 Å². The largest absolute Gasteiger partial charge is 0.480 e. The van der Waals surface area contributed by atoms with Gasteiger partial charge in [0.2, 0.25) is 0 Å². The zero-order valence-electron chi connectivity index (χ0n) is 7.43. The summed E-state index contributed by atoms with van der Waals surface area (Å²) >= 11 is 0. The molecule has 1 aliphatic heterocycles. The Bertz CT molecular complexity index is 207. The van der Waals surface area contributed by atoms with Crippen molar-refractivity contribution in [3.63, 3.8) is 0 Å². The summed E-state index contributed by atoms with van der Waals surface area (Å²) in [5.41, 5.74) is 0. The van der Waals surface area contributed by atoms with Crippen molar-refractivity contribution in [3.8, 4) is 0 Å². The van der Waals surface area contributed by atoms with Crippen molar-refractivity contribution in [3.05, 3.63) is 0 Å². The van der Waals surface area contributed by atoms with Crippen LogP contribution in [0.3, 0.4) is 0 Å². The minimum atomic E-state index is -2.18. The van der Waals surface area contributed by atoms with Gasteiger partial charge in [-0.1, -0.05) is 0 Å². The molecule has 0 aromatic carbocycles. The highest BCUT2D eigenvalue weighted by molar-refractivity contribution is 7.70. The van der Waals surface area contributed by atoms with E-state index in [2.05, 4.69) is 0 Å². The maximum absolute atomic E-state index is 10.3. The smallest absolute Gasteiger partial charge is 0.323 e. The zero-order chi connectivity index (χ0) is 9.52. The average Bonchev–Trinajstić information content (AvgIpc) is 2.32. The summed E-state index contributed by atoms with van der Waals surface area (Å²) < 4.78 is 3.26. The van der Waals surface area contributed by atoms with E-state index < -0.39 is 13.8 Å². The molecule has 0 aromatic heterocycles. The standard InChI is InChI=1S/C6H13N2O3P/c1-5(2)8-7(4-6(9)10)12(8,3)11/h5,11H,4H2,1-3H3/p+1. The average molecular weight is 193 g/mol. The fourth-order valence-electron chi connectivity index (χ4n) is 1.34. The maximum Gasteiger partial charge on any atom is 0.323 e. The molecule has 12 heavy (non-hydrogen) atoms. The summed E-state index contributed by atoms with van der Waals surface area (Å²) in [6.07, 6.45) is 0. The molecular weight excluding hydrogens is 179 g/mol. The molecule has 5 nitrogen and oxygen atoms in total. The van der Waals surface area contributed by atoms with Crippen molar-refractivity contribution < 1.29 is 14.8 Å². The lowest BCUT2D eigenvalue weighted by atomic mass is 10.4. The van der Waals surface area contributed by atoms with E-state index in [0.29, 0.717) is 0 Å². The summed E-state index contributed by atoms with van der Waals surface area (Å²) in [7, 11) is -2.18. The van der Waals surface area contributed by atoms with E-state index in [1.807, 2.05) is 13.8 Å². The van der Waals surface area contributed by atoms with Gasteiger partial charge in [-0.2, -0.15) is 0 Å². The van der Waals surface area contributed by atoms with Crippen LogP contribution in [0.15, 0.2) is 0 Å². The van der Waals surface area contributed by atoms with Crippen LogP contribution in [-0.4, -0.2) is 44.8 Å². The zero-order valence-corrected chi connectivity index (χ0v) is 8.32. The van der Waals surface area contributed by atoms with Crippen molar-refractivity contribution in [2.75, 3.05) is 13.2 Å². The molecule has 6 heteroatoms. The van der Waals surface area contributed by atoms with Gasteiger partial charge in [-0.05, 0) is 23.4 Å². The van der Waals surface area contributed by atoms with Gasteiger partial charge in [0.15, 0.2) is 6.54 Å². The Hall–Kier alpha value is -0.220. The molecule has 0 aromatic rings. The highest BCUT2D eigenvalue weighted by atomic mass is 31.2. The quantitative estimate of drug-likeness (QED) is 0.501. The number of carboxylic acid groups (broad SMARTS) is 1. The highest BCUT2D eigenvalue weighted by Crippen LogP contribution is 2.75. The molecule has 0 bridgehead atoms. The van der Waals surface area contributed by atoms with E-state index in [0.717, 1.165) is 0 Å². The molecule has 3 atom stereocenters. The molecule has 3 unspecified atom stereocenters. The molecule has 0 spiro atoms. The third kappa shape index (κ3) is 1.59. The molecule has 0 saturated carbocycles. The number of nitrogens with zero attached hydrogens (tertiary/aromatic N) is 2. The van der Waals surface area contributed by atoms with Crippen LogP contribution >= 0.6 is 7.79 Å². The number of rotatable bonds is 3. The number of aliphatic carboxylic acids is 1. The van der Waals surface area contributed by atoms with Crippen LogP contribution in [0.5, 0.6) is 0 Å². The summed E-state index contributed by atoms with van der Waals surface area (Å²) in [5.74, 6) is -0.904.